The van der Waals surface area contributed by atoms with Crippen molar-refractivity contribution in [2.24, 2.45) is 5.92 Å². The molecule has 2 aliphatic rings. The van der Waals surface area contributed by atoms with Crippen LogP contribution in [0.25, 0.3) is 0 Å². The van der Waals surface area contributed by atoms with E-state index in [1.807, 2.05) is 18.2 Å². The molecule has 0 radical (unpaired) electrons. The van der Waals surface area contributed by atoms with E-state index in [9.17, 15) is 9.59 Å². The zero-order valence-electron chi connectivity index (χ0n) is 14.7. The van der Waals surface area contributed by atoms with Crippen LogP contribution in [-0.4, -0.2) is 44.2 Å². The number of benzene rings is 1. The summed E-state index contributed by atoms with van der Waals surface area (Å²) in [6.07, 6.45) is 4.93. The lowest BCUT2D eigenvalue weighted by atomic mass is 9.85. The summed E-state index contributed by atoms with van der Waals surface area (Å²) in [6, 6.07) is 10.3. The largest absolute Gasteiger partial charge is 0.369 e. The van der Waals surface area contributed by atoms with Gasteiger partial charge in [0.2, 0.25) is 5.91 Å². The number of para-hydroxylation sites is 1. The molecule has 1 aliphatic heterocycles. The number of amides is 3. The lowest BCUT2D eigenvalue weighted by Crippen LogP contribution is -2.44. The number of nitrogens with zero attached hydrogens (tertiary/aromatic N) is 1. The smallest absolute Gasteiger partial charge is 0.315 e. The minimum absolute atomic E-state index is 0.120. The van der Waals surface area contributed by atoms with E-state index < -0.39 is 0 Å². The topological polar surface area (TPSA) is 73.5 Å². The van der Waals surface area contributed by atoms with Gasteiger partial charge in [-0.1, -0.05) is 24.6 Å². The molecule has 2 fully saturated rings. The zero-order valence-corrected chi connectivity index (χ0v) is 14.7. The first-order valence-electron chi connectivity index (χ1n) is 9.34. The Morgan fingerprint density at radius 2 is 1.80 bits per heavy atom. The van der Waals surface area contributed by atoms with Crippen LogP contribution in [0.15, 0.2) is 30.3 Å². The van der Waals surface area contributed by atoms with Gasteiger partial charge in [-0.2, -0.15) is 0 Å². The number of carbonyl (C=O) groups is 2. The van der Waals surface area contributed by atoms with Gasteiger partial charge in [-0.15, -0.1) is 0 Å². The monoisotopic (exact) mass is 344 g/mol. The van der Waals surface area contributed by atoms with Crippen molar-refractivity contribution in [2.45, 2.75) is 38.1 Å². The summed E-state index contributed by atoms with van der Waals surface area (Å²) in [6.45, 7) is 3.00. The molecule has 6 heteroatoms. The van der Waals surface area contributed by atoms with Gasteiger partial charge in [-0.25, -0.2) is 4.79 Å². The van der Waals surface area contributed by atoms with Crippen molar-refractivity contribution in [2.75, 3.05) is 31.1 Å². The summed E-state index contributed by atoms with van der Waals surface area (Å²) >= 11 is 0. The molecule has 3 amide bonds. The molecule has 3 rings (SSSR count). The fourth-order valence-electron chi connectivity index (χ4n) is 3.30. The SMILES string of the molecule is O=C(NCCCNC(=O)C1CCC1)N[C@H]1CCN(c2ccccc2)C1. The van der Waals surface area contributed by atoms with Crippen LogP contribution < -0.4 is 20.9 Å². The van der Waals surface area contributed by atoms with Gasteiger partial charge in [0.25, 0.3) is 0 Å². The molecule has 1 atom stereocenters. The molecule has 0 unspecified atom stereocenters. The van der Waals surface area contributed by atoms with E-state index in [1.54, 1.807) is 0 Å². The highest BCUT2D eigenvalue weighted by atomic mass is 16.2. The second-order valence-corrected chi connectivity index (χ2v) is 6.94. The predicted octanol–water partition coefficient (Wildman–Crippen LogP) is 1.87. The highest BCUT2D eigenvalue weighted by molar-refractivity contribution is 5.79. The normalized spacial score (nSPS) is 20.0. The molecule has 1 saturated carbocycles. The third kappa shape index (κ3) is 5.11. The third-order valence-electron chi connectivity index (χ3n) is 5.06. The Morgan fingerprint density at radius 1 is 1.04 bits per heavy atom. The van der Waals surface area contributed by atoms with E-state index in [-0.39, 0.29) is 23.9 Å². The summed E-state index contributed by atoms with van der Waals surface area (Å²) in [5.74, 6) is 0.397. The fraction of sp³-hybridized carbons (Fsp3) is 0.579. The summed E-state index contributed by atoms with van der Waals surface area (Å²) in [7, 11) is 0. The molecular weight excluding hydrogens is 316 g/mol. The molecule has 136 valence electrons. The molecule has 25 heavy (non-hydrogen) atoms. The van der Waals surface area contributed by atoms with E-state index in [4.69, 9.17) is 0 Å². The molecular formula is C19H28N4O2. The van der Waals surface area contributed by atoms with E-state index in [0.717, 1.165) is 38.8 Å². The molecule has 6 nitrogen and oxygen atoms in total. The van der Waals surface area contributed by atoms with E-state index >= 15 is 0 Å². The molecule has 3 N–H and O–H groups in total. The molecule has 0 spiro atoms. The van der Waals surface area contributed by atoms with Crippen LogP contribution in [0.4, 0.5) is 10.5 Å². The minimum Gasteiger partial charge on any atom is -0.369 e. The number of carbonyl (C=O) groups excluding carboxylic acids is 2. The van der Waals surface area contributed by atoms with Crippen molar-refractivity contribution >= 4 is 17.6 Å². The van der Waals surface area contributed by atoms with Crippen molar-refractivity contribution < 1.29 is 9.59 Å². The lowest BCUT2D eigenvalue weighted by molar-refractivity contribution is -0.127. The summed E-state index contributed by atoms with van der Waals surface area (Å²) < 4.78 is 0. The Balaban J connectivity index is 1.26. The van der Waals surface area contributed by atoms with Crippen molar-refractivity contribution in [3.63, 3.8) is 0 Å². The van der Waals surface area contributed by atoms with E-state index in [1.165, 1.54) is 12.1 Å². The Bertz CT molecular complexity index is 574. The Kier molecular flexibility index (Phi) is 6.14. The first-order valence-corrected chi connectivity index (χ1v) is 9.34. The van der Waals surface area contributed by atoms with Crippen molar-refractivity contribution in [3.8, 4) is 0 Å². The number of anilines is 1. The maximum Gasteiger partial charge on any atom is 0.315 e. The van der Waals surface area contributed by atoms with Gasteiger partial charge >= 0.3 is 6.03 Å². The van der Waals surface area contributed by atoms with E-state index in [0.29, 0.717) is 13.1 Å². The highest BCUT2D eigenvalue weighted by Gasteiger charge is 2.25. The van der Waals surface area contributed by atoms with Gasteiger partial charge in [0.15, 0.2) is 0 Å². The van der Waals surface area contributed by atoms with Gasteiger partial charge in [0.05, 0.1) is 0 Å². The van der Waals surface area contributed by atoms with Crippen molar-refractivity contribution in [1.82, 2.24) is 16.0 Å². The Hall–Kier alpha value is -2.24. The predicted molar refractivity (Wildman–Crippen MR) is 98.6 cm³/mol. The molecule has 1 heterocycles. The molecule has 1 aromatic carbocycles. The standard InChI is InChI=1S/C19H28N4O2/c24-18(15-6-4-7-15)20-11-5-12-21-19(25)22-16-10-13-23(14-16)17-8-2-1-3-9-17/h1-3,8-9,15-16H,4-7,10-14H2,(H,20,24)(H2,21,22,25)/t16-/m0/s1. The van der Waals surface area contributed by atoms with Crippen LogP contribution in [0.1, 0.15) is 32.1 Å². The highest BCUT2D eigenvalue weighted by Crippen LogP contribution is 2.26. The van der Waals surface area contributed by atoms with Crippen LogP contribution in [-0.2, 0) is 4.79 Å². The number of hydrogen-bond acceptors (Lipinski definition) is 3. The van der Waals surface area contributed by atoms with Gasteiger partial charge < -0.3 is 20.9 Å². The number of urea groups is 1. The molecule has 1 saturated heterocycles. The number of rotatable bonds is 7. The number of nitrogens with one attached hydrogen (secondary N) is 3. The molecule has 0 aromatic heterocycles. The Morgan fingerprint density at radius 3 is 2.52 bits per heavy atom. The van der Waals surface area contributed by atoms with Gasteiger partial charge in [-0.05, 0) is 37.8 Å². The quantitative estimate of drug-likeness (QED) is 0.661. The zero-order chi connectivity index (χ0) is 17.5. The van der Waals surface area contributed by atoms with Crippen LogP contribution >= 0.6 is 0 Å². The summed E-state index contributed by atoms with van der Waals surface area (Å²) in [5, 5.41) is 8.85. The first-order chi connectivity index (χ1) is 12.2. The van der Waals surface area contributed by atoms with Crippen LogP contribution in [0.5, 0.6) is 0 Å². The maximum atomic E-state index is 12.0. The Labute approximate surface area is 149 Å². The lowest BCUT2D eigenvalue weighted by Gasteiger charge is -2.24. The second-order valence-electron chi connectivity index (χ2n) is 6.94. The van der Waals surface area contributed by atoms with Crippen LogP contribution in [0.2, 0.25) is 0 Å². The summed E-state index contributed by atoms with van der Waals surface area (Å²) in [4.78, 5) is 26.0. The fourth-order valence-corrected chi connectivity index (χ4v) is 3.30. The molecule has 1 aliphatic carbocycles. The maximum absolute atomic E-state index is 12.0. The van der Waals surface area contributed by atoms with Crippen LogP contribution in [0, 0.1) is 5.92 Å². The average molecular weight is 344 g/mol. The summed E-state index contributed by atoms with van der Waals surface area (Å²) in [5.41, 5.74) is 1.20. The van der Waals surface area contributed by atoms with Gasteiger partial charge in [0.1, 0.15) is 0 Å². The van der Waals surface area contributed by atoms with Crippen LogP contribution in [0.3, 0.4) is 0 Å². The third-order valence-corrected chi connectivity index (χ3v) is 5.06. The average Bonchev–Trinajstić information content (AvgIpc) is 3.02. The van der Waals surface area contributed by atoms with Crippen molar-refractivity contribution in [1.29, 1.82) is 0 Å². The van der Waals surface area contributed by atoms with Gasteiger partial charge in [0, 0.05) is 43.8 Å². The van der Waals surface area contributed by atoms with Crippen molar-refractivity contribution in [3.05, 3.63) is 30.3 Å². The minimum atomic E-state index is -0.120. The van der Waals surface area contributed by atoms with Gasteiger partial charge in [-0.3, -0.25) is 4.79 Å². The molecule has 1 aromatic rings. The van der Waals surface area contributed by atoms with E-state index in [2.05, 4.69) is 33.0 Å². The second kappa shape index (κ2) is 8.74. The first kappa shape index (κ1) is 17.6. The molecule has 0 bridgehead atoms. The number of hydrogen-bond donors (Lipinski definition) is 3.